The Bertz CT molecular complexity index is 512. The van der Waals surface area contributed by atoms with Crippen LogP contribution in [0.1, 0.15) is 27.7 Å². The summed E-state index contributed by atoms with van der Waals surface area (Å²) in [6.07, 6.45) is 0. The number of carbonyl (C=O) groups excluding carboxylic acids is 2. The molecule has 0 aromatic heterocycles. The van der Waals surface area contributed by atoms with Crippen molar-refractivity contribution in [3.63, 3.8) is 0 Å². The van der Waals surface area contributed by atoms with Gasteiger partial charge in [-0.25, -0.2) is 4.79 Å². The molecule has 1 rings (SSSR count). The third-order valence-corrected chi connectivity index (χ3v) is 3.63. The highest BCUT2D eigenvalue weighted by molar-refractivity contribution is 8.00. The summed E-state index contributed by atoms with van der Waals surface area (Å²) in [5.74, 6) is 0.369. The largest absolute Gasteiger partial charge is 0.496 e. The van der Waals surface area contributed by atoms with Crippen LogP contribution < -0.4 is 15.4 Å². The molecule has 0 spiro atoms. The van der Waals surface area contributed by atoms with Gasteiger partial charge in [-0.05, 0) is 39.8 Å². The first-order valence-electron chi connectivity index (χ1n) is 6.65. The van der Waals surface area contributed by atoms with E-state index in [-0.39, 0.29) is 11.4 Å². The lowest BCUT2D eigenvalue weighted by molar-refractivity contribution is -0.119. The first-order valence-corrected chi connectivity index (χ1v) is 7.53. The fraction of sp³-hybridized carbons (Fsp3) is 0.467. The normalized spacial score (nSPS) is 12.4. The van der Waals surface area contributed by atoms with Crippen molar-refractivity contribution >= 4 is 23.7 Å². The Kier molecular flexibility index (Phi) is 6.08. The molecule has 3 amide bonds. The summed E-state index contributed by atoms with van der Waals surface area (Å²) in [4.78, 5) is 24.5. The molecule has 0 bridgehead atoms. The molecular formula is C15H22N2O3S. The molecule has 2 N–H and O–H groups in total. The predicted molar refractivity (Wildman–Crippen MR) is 84.7 cm³/mol. The summed E-state index contributed by atoms with van der Waals surface area (Å²) in [6.45, 7) is 7.30. The van der Waals surface area contributed by atoms with Crippen molar-refractivity contribution in [3.05, 3.63) is 24.3 Å². The number of methoxy groups -OCH3 is 1. The number of imide groups is 1. The van der Waals surface area contributed by atoms with E-state index in [0.717, 1.165) is 4.90 Å². The van der Waals surface area contributed by atoms with Crippen LogP contribution in [-0.4, -0.2) is 29.8 Å². The molecule has 0 aliphatic heterocycles. The van der Waals surface area contributed by atoms with Crippen LogP contribution in [0, 0.1) is 0 Å². The summed E-state index contributed by atoms with van der Waals surface area (Å²) in [6, 6.07) is 6.97. The van der Waals surface area contributed by atoms with Gasteiger partial charge < -0.3 is 10.1 Å². The Morgan fingerprint density at radius 1 is 1.24 bits per heavy atom. The van der Waals surface area contributed by atoms with E-state index in [0.29, 0.717) is 5.75 Å². The molecule has 5 nitrogen and oxygen atoms in total. The topological polar surface area (TPSA) is 67.4 Å². The Balaban J connectivity index is 2.61. The summed E-state index contributed by atoms with van der Waals surface area (Å²) in [5.41, 5.74) is -0.386. The average molecular weight is 310 g/mol. The van der Waals surface area contributed by atoms with Crippen LogP contribution in [-0.2, 0) is 4.79 Å². The van der Waals surface area contributed by atoms with E-state index in [9.17, 15) is 9.59 Å². The molecule has 0 heterocycles. The van der Waals surface area contributed by atoms with Gasteiger partial charge in [-0.15, -0.1) is 11.8 Å². The van der Waals surface area contributed by atoms with Gasteiger partial charge in [0.1, 0.15) is 5.75 Å². The number of carbonyl (C=O) groups is 2. The third-order valence-electron chi connectivity index (χ3n) is 2.47. The lowest BCUT2D eigenvalue weighted by Crippen LogP contribution is -2.49. The average Bonchev–Trinajstić information content (AvgIpc) is 2.36. The molecule has 0 aliphatic rings. The van der Waals surface area contributed by atoms with E-state index >= 15 is 0 Å². The number of benzene rings is 1. The minimum atomic E-state index is -0.486. The van der Waals surface area contributed by atoms with Gasteiger partial charge in [0, 0.05) is 5.54 Å². The second-order valence-electron chi connectivity index (χ2n) is 5.60. The zero-order valence-corrected chi connectivity index (χ0v) is 13.8. The molecule has 21 heavy (non-hydrogen) atoms. The van der Waals surface area contributed by atoms with Crippen LogP contribution in [0.4, 0.5) is 4.79 Å². The van der Waals surface area contributed by atoms with E-state index in [2.05, 4.69) is 10.6 Å². The van der Waals surface area contributed by atoms with Crippen LogP contribution in [0.3, 0.4) is 0 Å². The first-order chi connectivity index (χ1) is 9.73. The van der Waals surface area contributed by atoms with Crippen molar-refractivity contribution in [1.29, 1.82) is 0 Å². The van der Waals surface area contributed by atoms with Gasteiger partial charge in [0.2, 0.25) is 5.91 Å². The van der Waals surface area contributed by atoms with Gasteiger partial charge in [0.15, 0.2) is 0 Å². The van der Waals surface area contributed by atoms with Gasteiger partial charge >= 0.3 is 6.03 Å². The molecule has 1 aromatic carbocycles. The van der Waals surface area contributed by atoms with E-state index in [4.69, 9.17) is 4.74 Å². The zero-order valence-electron chi connectivity index (χ0n) is 13.0. The van der Waals surface area contributed by atoms with Crippen LogP contribution in [0.15, 0.2) is 29.2 Å². The summed E-state index contributed by atoms with van der Waals surface area (Å²) >= 11 is 1.35. The van der Waals surface area contributed by atoms with Crippen LogP contribution in [0.2, 0.25) is 0 Å². The number of hydrogen-bond donors (Lipinski definition) is 2. The van der Waals surface area contributed by atoms with Gasteiger partial charge in [0.05, 0.1) is 17.3 Å². The molecule has 1 atom stereocenters. The monoisotopic (exact) mass is 310 g/mol. The second kappa shape index (κ2) is 7.36. The number of ether oxygens (including phenoxy) is 1. The maximum atomic E-state index is 12.0. The van der Waals surface area contributed by atoms with Gasteiger partial charge in [-0.1, -0.05) is 12.1 Å². The van der Waals surface area contributed by atoms with E-state index in [1.807, 2.05) is 45.0 Å². The predicted octanol–water partition coefficient (Wildman–Crippen LogP) is 2.80. The highest BCUT2D eigenvalue weighted by Gasteiger charge is 2.20. The van der Waals surface area contributed by atoms with Crippen molar-refractivity contribution in [1.82, 2.24) is 10.6 Å². The maximum absolute atomic E-state index is 12.0. The molecule has 0 radical (unpaired) electrons. The SMILES string of the molecule is COc1ccccc1S[C@H](C)C(=O)NC(=O)NC(C)(C)C. The highest BCUT2D eigenvalue weighted by Crippen LogP contribution is 2.31. The van der Waals surface area contributed by atoms with Crippen molar-refractivity contribution in [2.24, 2.45) is 0 Å². The van der Waals surface area contributed by atoms with Crippen molar-refractivity contribution in [2.45, 2.75) is 43.4 Å². The summed E-state index contributed by atoms with van der Waals surface area (Å²) in [7, 11) is 1.58. The Hall–Kier alpha value is -1.69. The number of amides is 3. The minimum absolute atomic E-state index is 0.340. The van der Waals surface area contributed by atoms with E-state index in [1.54, 1.807) is 14.0 Å². The molecule has 0 saturated carbocycles. The van der Waals surface area contributed by atoms with Crippen molar-refractivity contribution in [3.8, 4) is 5.75 Å². The molecule has 1 aromatic rings. The number of hydrogen-bond acceptors (Lipinski definition) is 4. The summed E-state index contributed by atoms with van der Waals surface area (Å²) < 4.78 is 5.24. The lowest BCUT2D eigenvalue weighted by atomic mass is 10.1. The Labute approximate surface area is 129 Å². The van der Waals surface area contributed by atoms with Crippen molar-refractivity contribution < 1.29 is 14.3 Å². The molecule has 116 valence electrons. The van der Waals surface area contributed by atoms with Gasteiger partial charge in [-0.3, -0.25) is 10.1 Å². The second-order valence-corrected chi connectivity index (χ2v) is 6.99. The van der Waals surface area contributed by atoms with Crippen LogP contribution >= 0.6 is 11.8 Å². The number of nitrogens with one attached hydrogen (secondary N) is 2. The van der Waals surface area contributed by atoms with E-state index < -0.39 is 11.3 Å². The molecule has 0 saturated heterocycles. The fourth-order valence-corrected chi connectivity index (χ4v) is 2.52. The number of rotatable bonds is 4. The highest BCUT2D eigenvalue weighted by atomic mass is 32.2. The zero-order chi connectivity index (χ0) is 16.0. The lowest BCUT2D eigenvalue weighted by Gasteiger charge is -2.21. The molecule has 0 aliphatic carbocycles. The quantitative estimate of drug-likeness (QED) is 0.839. The standard InChI is InChI=1S/C15H22N2O3S/c1-10(13(18)16-14(19)17-15(2,3)4)21-12-9-7-6-8-11(12)20-5/h6-10H,1-5H3,(H2,16,17,18,19)/t10-/m1/s1. The third kappa shape index (κ3) is 6.08. The van der Waals surface area contributed by atoms with Crippen molar-refractivity contribution in [2.75, 3.05) is 7.11 Å². The molecule has 0 fully saturated rings. The number of para-hydroxylation sites is 1. The van der Waals surface area contributed by atoms with Gasteiger partial charge in [0.25, 0.3) is 0 Å². The molecule has 0 unspecified atom stereocenters. The maximum Gasteiger partial charge on any atom is 0.321 e. The Morgan fingerprint density at radius 3 is 2.43 bits per heavy atom. The minimum Gasteiger partial charge on any atom is -0.496 e. The first kappa shape index (κ1) is 17.4. The molecular weight excluding hydrogens is 288 g/mol. The van der Waals surface area contributed by atoms with Gasteiger partial charge in [-0.2, -0.15) is 0 Å². The summed E-state index contributed by atoms with van der Waals surface area (Å²) in [5, 5.41) is 4.62. The smallest absolute Gasteiger partial charge is 0.321 e. The van der Waals surface area contributed by atoms with E-state index in [1.165, 1.54) is 11.8 Å². The number of thioether (sulfide) groups is 1. The Morgan fingerprint density at radius 2 is 1.86 bits per heavy atom. The molecule has 6 heteroatoms. The van der Waals surface area contributed by atoms with Crippen LogP contribution in [0.5, 0.6) is 5.75 Å². The van der Waals surface area contributed by atoms with Crippen LogP contribution in [0.25, 0.3) is 0 Å². The fourth-order valence-electron chi connectivity index (χ4n) is 1.55. The number of urea groups is 1.